The number of amides is 1. The average molecular weight is 366 g/mol. The minimum absolute atomic E-state index is 0.0425. The average Bonchev–Trinajstić information content (AvgIpc) is 2.64. The SMILES string of the molecule is CCNC(=NCC(=O)NCCOC)NCC(C)Oc1ccccc1OC. The van der Waals surface area contributed by atoms with E-state index in [1.54, 1.807) is 14.2 Å². The van der Waals surface area contributed by atoms with Crippen molar-refractivity contribution in [3.63, 3.8) is 0 Å². The van der Waals surface area contributed by atoms with Gasteiger partial charge in [0.2, 0.25) is 5.91 Å². The summed E-state index contributed by atoms with van der Waals surface area (Å²) in [4.78, 5) is 16.0. The number of hydrogen-bond acceptors (Lipinski definition) is 5. The summed E-state index contributed by atoms with van der Waals surface area (Å²) in [5.41, 5.74) is 0. The van der Waals surface area contributed by atoms with Crippen molar-refractivity contribution in [2.45, 2.75) is 20.0 Å². The first-order valence-corrected chi connectivity index (χ1v) is 8.68. The van der Waals surface area contributed by atoms with E-state index >= 15 is 0 Å². The van der Waals surface area contributed by atoms with E-state index in [9.17, 15) is 4.79 Å². The number of nitrogens with one attached hydrogen (secondary N) is 3. The highest BCUT2D eigenvalue weighted by atomic mass is 16.5. The van der Waals surface area contributed by atoms with Crippen LogP contribution in [-0.2, 0) is 9.53 Å². The Morgan fingerprint density at radius 3 is 2.54 bits per heavy atom. The summed E-state index contributed by atoms with van der Waals surface area (Å²) in [6, 6.07) is 7.50. The number of hydrogen-bond donors (Lipinski definition) is 3. The third-order valence-electron chi connectivity index (χ3n) is 3.31. The maximum absolute atomic E-state index is 11.7. The largest absolute Gasteiger partial charge is 0.493 e. The first kappa shape index (κ1) is 21.6. The van der Waals surface area contributed by atoms with E-state index in [1.807, 2.05) is 38.1 Å². The summed E-state index contributed by atoms with van der Waals surface area (Å²) in [5, 5.41) is 9.00. The van der Waals surface area contributed by atoms with Gasteiger partial charge in [0.05, 0.1) is 20.3 Å². The normalized spacial score (nSPS) is 12.2. The summed E-state index contributed by atoms with van der Waals surface area (Å²) in [6.07, 6.45) is -0.120. The van der Waals surface area contributed by atoms with Crippen LogP contribution in [0.2, 0.25) is 0 Å². The van der Waals surface area contributed by atoms with E-state index in [0.29, 0.717) is 43.7 Å². The van der Waals surface area contributed by atoms with Crippen LogP contribution in [0.3, 0.4) is 0 Å². The van der Waals surface area contributed by atoms with Gasteiger partial charge in [-0.05, 0) is 26.0 Å². The van der Waals surface area contributed by atoms with Crippen LogP contribution in [0, 0.1) is 0 Å². The Hall–Kier alpha value is -2.48. The molecule has 1 atom stereocenters. The number of nitrogens with zero attached hydrogens (tertiary/aromatic N) is 1. The number of rotatable bonds is 11. The number of aliphatic imine (C=N–C) groups is 1. The molecule has 0 aliphatic rings. The van der Waals surface area contributed by atoms with Crippen molar-refractivity contribution in [1.29, 1.82) is 0 Å². The van der Waals surface area contributed by atoms with Crippen molar-refractivity contribution in [2.24, 2.45) is 4.99 Å². The number of methoxy groups -OCH3 is 2. The summed E-state index contributed by atoms with van der Waals surface area (Å²) in [6.45, 7) is 6.12. The maximum Gasteiger partial charge on any atom is 0.241 e. The lowest BCUT2D eigenvalue weighted by Gasteiger charge is -2.19. The van der Waals surface area contributed by atoms with Gasteiger partial charge in [-0.25, -0.2) is 4.99 Å². The number of carbonyl (C=O) groups excluding carboxylic acids is 1. The molecule has 0 aromatic heterocycles. The Morgan fingerprint density at radius 1 is 1.15 bits per heavy atom. The second-order valence-electron chi connectivity index (χ2n) is 5.50. The van der Waals surface area contributed by atoms with E-state index in [1.165, 1.54) is 0 Å². The van der Waals surface area contributed by atoms with E-state index in [0.717, 1.165) is 0 Å². The molecule has 26 heavy (non-hydrogen) atoms. The Balaban J connectivity index is 2.48. The van der Waals surface area contributed by atoms with Crippen molar-refractivity contribution < 1.29 is 19.0 Å². The molecule has 146 valence electrons. The minimum Gasteiger partial charge on any atom is -0.493 e. The molecule has 0 bridgehead atoms. The maximum atomic E-state index is 11.7. The van der Waals surface area contributed by atoms with E-state index in [-0.39, 0.29) is 18.6 Å². The summed E-state index contributed by atoms with van der Waals surface area (Å²) >= 11 is 0. The van der Waals surface area contributed by atoms with Gasteiger partial charge in [-0.2, -0.15) is 0 Å². The molecule has 1 rings (SSSR count). The molecule has 0 saturated heterocycles. The van der Waals surface area contributed by atoms with Crippen molar-refractivity contribution in [1.82, 2.24) is 16.0 Å². The Kier molecular flexibility index (Phi) is 10.6. The molecular formula is C18H30N4O4. The molecule has 0 fully saturated rings. The van der Waals surface area contributed by atoms with E-state index in [2.05, 4.69) is 20.9 Å². The van der Waals surface area contributed by atoms with Crippen LogP contribution in [0.25, 0.3) is 0 Å². The fourth-order valence-corrected chi connectivity index (χ4v) is 2.06. The molecule has 0 heterocycles. The highest BCUT2D eigenvalue weighted by Gasteiger charge is 2.09. The predicted octanol–water partition coefficient (Wildman–Crippen LogP) is 0.780. The zero-order chi connectivity index (χ0) is 19.2. The smallest absolute Gasteiger partial charge is 0.241 e. The van der Waals surface area contributed by atoms with Gasteiger partial charge in [0.25, 0.3) is 0 Å². The molecule has 1 amide bonds. The van der Waals surface area contributed by atoms with Gasteiger partial charge >= 0.3 is 0 Å². The zero-order valence-electron chi connectivity index (χ0n) is 16.0. The van der Waals surface area contributed by atoms with Gasteiger partial charge < -0.3 is 30.2 Å². The van der Waals surface area contributed by atoms with Crippen molar-refractivity contribution in [3.8, 4) is 11.5 Å². The number of ether oxygens (including phenoxy) is 3. The van der Waals surface area contributed by atoms with Gasteiger partial charge in [0, 0.05) is 20.2 Å². The summed E-state index contributed by atoms with van der Waals surface area (Å²) < 4.78 is 16.1. The molecule has 3 N–H and O–H groups in total. The summed E-state index contributed by atoms with van der Waals surface area (Å²) in [5.74, 6) is 1.78. The molecule has 8 nitrogen and oxygen atoms in total. The van der Waals surface area contributed by atoms with Crippen molar-refractivity contribution in [3.05, 3.63) is 24.3 Å². The molecule has 0 aliphatic heterocycles. The van der Waals surface area contributed by atoms with Crippen LogP contribution >= 0.6 is 0 Å². The lowest BCUT2D eigenvalue weighted by molar-refractivity contribution is -0.119. The minimum atomic E-state index is -0.155. The molecule has 0 aliphatic carbocycles. The van der Waals surface area contributed by atoms with Gasteiger partial charge in [-0.15, -0.1) is 0 Å². The van der Waals surface area contributed by atoms with Crippen LogP contribution in [0.5, 0.6) is 11.5 Å². The van der Waals surface area contributed by atoms with Crippen LogP contribution in [0.4, 0.5) is 0 Å². The van der Waals surface area contributed by atoms with E-state index in [4.69, 9.17) is 14.2 Å². The monoisotopic (exact) mass is 366 g/mol. The van der Waals surface area contributed by atoms with E-state index < -0.39 is 0 Å². The Bertz CT molecular complexity index is 566. The molecule has 0 saturated carbocycles. The summed E-state index contributed by atoms with van der Waals surface area (Å²) in [7, 11) is 3.20. The second-order valence-corrected chi connectivity index (χ2v) is 5.50. The predicted molar refractivity (Wildman–Crippen MR) is 102 cm³/mol. The molecular weight excluding hydrogens is 336 g/mol. The fraction of sp³-hybridized carbons (Fsp3) is 0.556. The number of guanidine groups is 1. The molecule has 8 heteroatoms. The van der Waals surface area contributed by atoms with Gasteiger partial charge in [0.15, 0.2) is 17.5 Å². The topological polar surface area (TPSA) is 93.2 Å². The molecule has 1 aromatic rings. The second kappa shape index (κ2) is 12.8. The molecule has 1 unspecified atom stereocenters. The lowest BCUT2D eigenvalue weighted by Crippen LogP contribution is -2.42. The van der Waals surface area contributed by atoms with Gasteiger partial charge in [-0.1, -0.05) is 12.1 Å². The van der Waals surface area contributed by atoms with Crippen LogP contribution in [0.1, 0.15) is 13.8 Å². The first-order chi connectivity index (χ1) is 12.6. The van der Waals surface area contributed by atoms with Crippen LogP contribution in [0.15, 0.2) is 29.3 Å². The van der Waals surface area contributed by atoms with Crippen LogP contribution < -0.4 is 25.4 Å². The molecule has 0 radical (unpaired) electrons. The number of carbonyl (C=O) groups is 1. The Labute approximate surface area is 155 Å². The third kappa shape index (κ3) is 8.57. The fourth-order valence-electron chi connectivity index (χ4n) is 2.06. The standard InChI is InChI=1S/C18H30N4O4/c1-5-19-18(22-13-17(23)20-10-11-24-3)21-12-14(2)26-16-9-7-6-8-15(16)25-4/h6-9,14H,5,10-13H2,1-4H3,(H,20,23)(H2,19,21,22). The quantitative estimate of drug-likeness (QED) is 0.304. The number of para-hydroxylation sites is 2. The molecule has 0 spiro atoms. The first-order valence-electron chi connectivity index (χ1n) is 8.68. The highest BCUT2D eigenvalue weighted by molar-refractivity contribution is 5.84. The van der Waals surface area contributed by atoms with Crippen molar-refractivity contribution in [2.75, 3.05) is 47.0 Å². The van der Waals surface area contributed by atoms with Crippen LogP contribution in [-0.4, -0.2) is 65.0 Å². The van der Waals surface area contributed by atoms with Gasteiger partial charge in [0.1, 0.15) is 12.6 Å². The zero-order valence-corrected chi connectivity index (χ0v) is 16.0. The third-order valence-corrected chi connectivity index (χ3v) is 3.31. The number of benzene rings is 1. The Morgan fingerprint density at radius 2 is 1.88 bits per heavy atom. The van der Waals surface area contributed by atoms with Gasteiger partial charge in [-0.3, -0.25) is 4.79 Å². The lowest BCUT2D eigenvalue weighted by atomic mass is 10.3. The molecule has 1 aromatic carbocycles. The highest BCUT2D eigenvalue weighted by Crippen LogP contribution is 2.26. The van der Waals surface area contributed by atoms with Crippen molar-refractivity contribution >= 4 is 11.9 Å².